The average molecular weight is 445 g/mol. The highest BCUT2D eigenvalue weighted by Crippen LogP contribution is 2.16. The SMILES string of the molecule is CCN1CCCC1CN=C(N)NCCc1ccc(N(C)C)cc1.I. The molecule has 6 heteroatoms. The summed E-state index contributed by atoms with van der Waals surface area (Å²) in [6.07, 6.45) is 3.47. The minimum Gasteiger partial charge on any atom is -0.378 e. The molecule has 0 spiro atoms. The Morgan fingerprint density at radius 3 is 2.67 bits per heavy atom. The summed E-state index contributed by atoms with van der Waals surface area (Å²) in [5.74, 6) is 0.567. The van der Waals surface area contributed by atoms with E-state index >= 15 is 0 Å². The average Bonchev–Trinajstić information content (AvgIpc) is 3.01. The Kier molecular flexibility index (Phi) is 9.43. The van der Waals surface area contributed by atoms with Gasteiger partial charge in [-0.25, -0.2) is 0 Å². The van der Waals surface area contributed by atoms with Gasteiger partial charge in [-0.2, -0.15) is 0 Å². The van der Waals surface area contributed by atoms with Gasteiger partial charge < -0.3 is 16.0 Å². The van der Waals surface area contributed by atoms with Crippen LogP contribution in [0.4, 0.5) is 5.69 Å². The molecular weight excluding hydrogens is 413 g/mol. The molecule has 0 aliphatic carbocycles. The molecule has 2 rings (SSSR count). The molecule has 1 atom stereocenters. The maximum absolute atomic E-state index is 5.98. The van der Waals surface area contributed by atoms with Crippen LogP contribution in [0.25, 0.3) is 0 Å². The number of nitrogens with two attached hydrogens (primary N) is 1. The first kappa shape index (κ1) is 21.0. The van der Waals surface area contributed by atoms with Crippen molar-refractivity contribution in [3.8, 4) is 0 Å². The lowest BCUT2D eigenvalue weighted by molar-refractivity contribution is 0.273. The maximum atomic E-state index is 5.98. The summed E-state index contributed by atoms with van der Waals surface area (Å²) < 4.78 is 0. The van der Waals surface area contributed by atoms with Gasteiger partial charge in [-0.15, -0.1) is 24.0 Å². The first-order valence-corrected chi connectivity index (χ1v) is 8.64. The number of anilines is 1. The third-order valence-corrected chi connectivity index (χ3v) is 4.55. The number of benzene rings is 1. The van der Waals surface area contributed by atoms with Crippen LogP contribution in [-0.2, 0) is 6.42 Å². The molecule has 0 bridgehead atoms. The van der Waals surface area contributed by atoms with Gasteiger partial charge in [0.1, 0.15) is 0 Å². The minimum absolute atomic E-state index is 0. The standard InChI is InChI=1S/C18H31N5.HI/c1-4-23-13-5-6-17(23)14-21-18(19)20-12-11-15-7-9-16(10-8-15)22(2)3;/h7-10,17H,4-6,11-14H2,1-3H3,(H3,19,20,21);1H. The zero-order valence-corrected chi connectivity index (χ0v) is 17.5. The van der Waals surface area contributed by atoms with Crippen molar-refractivity contribution < 1.29 is 0 Å². The Hall–Kier alpha value is -1.02. The smallest absolute Gasteiger partial charge is 0.188 e. The Balaban J connectivity index is 0.00000288. The summed E-state index contributed by atoms with van der Waals surface area (Å²) in [6.45, 7) is 6.15. The Labute approximate surface area is 163 Å². The van der Waals surface area contributed by atoms with Crippen LogP contribution in [0.5, 0.6) is 0 Å². The molecule has 0 radical (unpaired) electrons. The molecule has 1 heterocycles. The lowest BCUT2D eigenvalue weighted by Gasteiger charge is -2.21. The number of likely N-dealkylation sites (N-methyl/N-ethyl adjacent to an activating group) is 1. The van der Waals surface area contributed by atoms with Crippen molar-refractivity contribution >= 4 is 35.6 Å². The van der Waals surface area contributed by atoms with Gasteiger partial charge >= 0.3 is 0 Å². The van der Waals surface area contributed by atoms with E-state index in [1.807, 2.05) is 0 Å². The fourth-order valence-electron chi connectivity index (χ4n) is 3.07. The second kappa shape index (κ2) is 10.8. The number of hydrogen-bond acceptors (Lipinski definition) is 3. The van der Waals surface area contributed by atoms with Crippen molar-refractivity contribution in [1.29, 1.82) is 0 Å². The number of halogens is 1. The number of hydrogen-bond donors (Lipinski definition) is 2. The molecule has 136 valence electrons. The second-order valence-electron chi connectivity index (χ2n) is 6.39. The first-order chi connectivity index (χ1) is 11.1. The molecule has 24 heavy (non-hydrogen) atoms. The lowest BCUT2D eigenvalue weighted by atomic mass is 10.1. The van der Waals surface area contributed by atoms with E-state index in [4.69, 9.17) is 5.73 Å². The van der Waals surface area contributed by atoms with Gasteiger partial charge in [0, 0.05) is 32.4 Å². The van der Waals surface area contributed by atoms with Crippen LogP contribution in [-0.4, -0.2) is 57.2 Å². The van der Waals surface area contributed by atoms with Crippen LogP contribution in [0.3, 0.4) is 0 Å². The monoisotopic (exact) mass is 445 g/mol. The van der Waals surface area contributed by atoms with E-state index < -0.39 is 0 Å². The normalized spacial score (nSPS) is 18.3. The number of rotatable bonds is 7. The van der Waals surface area contributed by atoms with Crippen LogP contribution in [0.15, 0.2) is 29.3 Å². The molecule has 1 aromatic rings. The largest absolute Gasteiger partial charge is 0.378 e. The molecule has 1 aromatic carbocycles. The summed E-state index contributed by atoms with van der Waals surface area (Å²) in [6, 6.07) is 9.20. The summed E-state index contributed by atoms with van der Waals surface area (Å²) in [5.41, 5.74) is 8.51. The highest BCUT2D eigenvalue weighted by atomic mass is 127. The molecule has 5 nitrogen and oxygen atoms in total. The maximum Gasteiger partial charge on any atom is 0.188 e. The van der Waals surface area contributed by atoms with E-state index in [1.165, 1.54) is 30.6 Å². The zero-order valence-electron chi connectivity index (χ0n) is 15.2. The summed E-state index contributed by atoms with van der Waals surface area (Å²) in [7, 11) is 4.11. The van der Waals surface area contributed by atoms with Crippen molar-refractivity contribution in [3.63, 3.8) is 0 Å². The Morgan fingerprint density at radius 1 is 1.33 bits per heavy atom. The van der Waals surface area contributed by atoms with Gasteiger partial charge in [0.25, 0.3) is 0 Å². The predicted molar refractivity (Wildman–Crippen MR) is 115 cm³/mol. The van der Waals surface area contributed by atoms with Crippen LogP contribution in [0.1, 0.15) is 25.3 Å². The number of aliphatic imine (C=N–C) groups is 1. The highest BCUT2D eigenvalue weighted by Gasteiger charge is 2.22. The van der Waals surface area contributed by atoms with E-state index in [0.29, 0.717) is 12.0 Å². The van der Waals surface area contributed by atoms with E-state index in [2.05, 4.69) is 65.4 Å². The van der Waals surface area contributed by atoms with E-state index in [9.17, 15) is 0 Å². The van der Waals surface area contributed by atoms with Gasteiger partial charge in [-0.3, -0.25) is 9.89 Å². The molecule has 1 fully saturated rings. The zero-order chi connectivity index (χ0) is 16.7. The number of nitrogens with zero attached hydrogens (tertiary/aromatic N) is 3. The molecule has 0 aromatic heterocycles. The Morgan fingerprint density at radius 2 is 2.04 bits per heavy atom. The number of likely N-dealkylation sites (tertiary alicyclic amines) is 1. The van der Waals surface area contributed by atoms with Crippen LogP contribution in [0, 0.1) is 0 Å². The third kappa shape index (κ3) is 6.47. The summed E-state index contributed by atoms with van der Waals surface area (Å²) in [4.78, 5) is 9.10. The van der Waals surface area contributed by atoms with Gasteiger partial charge in [0.2, 0.25) is 0 Å². The lowest BCUT2D eigenvalue weighted by Crippen LogP contribution is -2.36. The van der Waals surface area contributed by atoms with Gasteiger partial charge in [-0.05, 0) is 50.0 Å². The van der Waals surface area contributed by atoms with Crippen molar-refractivity contribution in [2.75, 3.05) is 45.2 Å². The van der Waals surface area contributed by atoms with Crippen molar-refractivity contribution in [1.82, 2.24) is 10.2 Å². The number of guanidine groups is 1. The summed E-state index contributed by atoms with van der Waals surface area (Å²) in [5, 5.41) is 3.22. The quantitative estimate of drug-likeness (QED) is 0.384. The molecule has 0 saturated carbocycles. The van der Waals surface area contributed by atoms with E-state index in [0.717, 1.165) is 26.1 Å². The molecule has 1 aliphatic heterocycles. The first-order valence-electron chi connectivity index (χ1n) is 8.64. The molecule has 1 unspecified atom stereocenters. The predicted octanol–water partition coefficient (Wildman–Crippen LogP) is 2.30. The van der Waals surface area contributed by atoms with E-state index in [1.54, 1.807) is 0 Å². The van der Waals surface area contributed by atoms with E-state index in [-0.39, 0.29) is 24.0 Å². The second-order valence-corrected chi connectivity index (χ2v) is 6.39. The minimum atomic E-state index is 0. The van der Waals surface area contributed by atoms with Gasteiger partial charge in [-0.1, -0.05) is 19.1 Å². The molecule has 0 amide bonds. The Bertz CT molecular complexity index is 501. The van der Waals surface area contributed by atoms with Gasteiger partial charge in [0.15, 0.2) is 5.96 Å². The van der Waals surface area contributed by atoms with Crippen molar-refractivity contribution in [3.05, 3.63) is 29.8 Å². The van der Waals surface area contributed by atoms with Crippen LogP contribution >= 0.6 is 24.0 Å². The fourth-order valence-corrected chi connectivity index (χ4v) is 3.07. The van der Waals surface area contributed by atoms with Crippen LogP contribution in [0.2, 0.25) is 0 Å². The van der Waals surface area contributed by atoms with Gasteiger partial charge in [0.05, 0.1) is 6.54 Å². The topological polar surface area (TPSA) is 56.9 Å². The highest BCUT2D eigenvalue weighted by molar-refractivity contribution is 14.0. The molecule has 1 aliphatic rings. The number of nitrogens with one attached hydrogen (secondary N) is 1. The fraction of sp³-hybridized carbons (Fsp3) is 0.611. The van der Waals surface area contributed by atoms with Crippen molar-refractivity contribution in [2.24, 2.45) is 10.7 Å². The molecular formula is C18H32IN5. The van der Waals surface area contributed by atoms with Crippen molar-refractivity contribution in [2.45, 2.75) is 32.2 Å². The third-order valence-electron chi connectivity index (χ3n) is 4.55. The van der Waals surface area contributed by atoms with Crippen LogP contribution < -0.4 is 16.0 Å². The molecule has 3 N–H and O–H groups in total. The summed E-state index contributed by atoms with van der Waals surface area (Å²) >= 11 is 0. The molecule has 1 saturated heterocycles.